The van der Waals surface area contributed by atoms with E-state index in [2.05, 4.69) is 86.2 Å². The van der Waals surface area contributed by atoms with E-state index in [0.717, 1.165) is 53.5 Å². The van der Waals surface area contributed by atoms with E-state index in [4.69, 9.17) is 23.2 Å². The van der Waals surface area contributed by atoms with Crippen molar-refractivity contribution in [2.24, 2.45) is 11.3 Å². The Labute approximate surface area is 241 Å². The fourth-order valence-corrected chi connectivity index (χ4v) is 6.85. The summed E-state index contributed by atoms with van der Waals surface area (Å²) >= 11 is 21.3. The molecule has 1 aliphatic carbocycles. The Morgan fingerprint density at radius 1 is 1.09 bits per heavy atom. The Balaban J connectivity index is 1.81. The zero-order chi connectivity index (χ0) is 23.8. The molecule has 0 aromatic heterocycles. The summed E-state index contributed by atoms with van der Waals surface area (Å²) in [5.74, 6) is 0.391. The molecule has 0 spiro atoms. The second-order valence-electron chi connectivity index (χ2n) is 9.05. The van der Waals surface area contributed by atoms with Crippen molar-refractivity contribution < 1.29 is 4.79 Å². The standard InChI is InChI=1S/C26H24BrCl2I2NO/c1-26(15-16-5-7-18(27)8-6-16)10-9-17-11-23(31)22(30)3-2-4-24(17)32(25(26)33)21-13-19(28)12-20(29)14-21/h4-8,12-14,17H,2-3,9-11,15H2,1H3/t17?,26-/m1/s1. The van der Waals surface area contributed by atoms with Gasteiger partial charge in [0.05, 0.1) is 11.1 Å². The van der Waals surface area contributed by atoms with Gasteiger partial charge >= 0.3 is 0 Å². The molecule has 1 aliphatic heterocycles. The molecule has 7 heteroatoms. The Bertz CT molecular complexity index is 1110. The molecular formula is C26H24BrCl2I2NO. The van der Waals surface area contributed by atoms with Gasteiger partial charge in [0.2, 0.25) is 5.91 Å². The van der Waals surface area contributed by atoms with Crippen molar-refractivity contribution in [3.8, 4) is 0 Å². The lowest BCUT2D eigenvalue weighted by atomic mass is 9.77. The smallest absolute Gasteiger partial charge is 0.237 e. The molecule has 33 heavy (non-hydrogen) atoms. The summed E-state index contributed by atoms with van der Waals surface area (Å²) in [5, 5.41) is 1.08. The number of benzene rings is 2. The fourth-order valence-electron chi connectivity index (χ4n) is 4.74. The molecule has 2 atom stereocenters. The van der Waals surface area contributed by atoms with Crippen LogP contribution in [0, 0.1) is 11.3 Å². The average molecular weight is 771 g/mol. The van der Waals surface area contributed by atoms with Gasteiger partial charge in [-0.05, 0) is 120 Å². The van der Waals surface area contributed by atoms with E-state index in [-0.39, 0.29) is 11.8 Å². The summed E-state index contributed by atoms with van der Waals surface area (Å²) in [4.78, 5) is 16.3. The van der Waals surface area contributed by atoms with Gasteiger partial charge in [-0.15, -0.1) is 0 Å². The van der Waals surface area contributed by atoms with Crippen LogP contribution in [0.25, 0.3) is 0 Å². The van der Waals surface area contributed by atoms with Crippen molar-refractivity contribution in [1.82, 2.24) is 0 Å². The van der Waals surface area contributed by atoms with Crippen LogP contribution in [0.4, 0.5) is 5.69 Å². The number of amides is 1. The topological polar surface area (TPSA) is 20.3 Å². The Morgan fingerprint density at radius 2 is 1.76 bits per heavy atom. The van der Waals surface area contributed by atoms with Gasteiger partial charge in [0.15, 0.2) is 0 Å². The molecule has 4 rings (SSSR count). The van der Waals surface area contributed by atoms with Gasteiger partial charge < -0.3 is 0 Å². The molecule has 2 aromatic carbocycles. The molecule has 0 radical (unpaired) electrons. The summed E-state index contributed by atoms with van der Waals surface area (Å²) in [6.07, 6.45) is 7.62. The summed E-state index contributed by atoms with van der Waals surface area (Å²) < 4.78 is 3.87. The average Bonchev–Trinajstić information content (AvgIpc) is 2.84. The van der Waals surface area contributed by atoms with Gasteiger partial charge in [-0.3, -0.25) is 9.69 Å². The first-order chi connectivity index (χ1) is 15.7. The first-order valence-corrected chi connectivity index (χ1v) is 14.6. The molecule has 1 unspecified atom stereocenters. The highest BCUT2D eigenvalue weighted by Gasteiger charge is 2.43. The minimum Gasteiger partial charge on any atom is -0.284 e. The van der Waals surface area contributed by atoms with Crippen LogP contribution in [-0.4, -0.2) is 5.91 Å². The first kappa shape index (κ1) is 26.0. The van der Waals surface area contributed by atoms with E-state index in [9.17, 15) is 4.79 Å². The Kier molecular flexibility index (Phi) is 8.58. The number of anilines is 1. The highest BCUT2D eigenvalue weighted by molar-refractivity contribution is 14.1. The quantitative estimate of drug-likeness (QED) is 0.285. The Hall–Kier alpha value is -0.0900. The number of hydrogen-bond acceptors (Lipinski definition) is 1. The van der Waals surface area contributed by atoms with Crippen LogP contribution >= 0.6 is 84.3 Å². The maximum absolute atomic E-state index is 14.3. The van der Waals surface area contributed by atoms with Crippen molar-refractivity contribution in [3.05, 3.63) is 81.5 Å². The molecule has 174 valence electrons. The zero-order valence-corrected chi connectivity index (χ0v) is 25.6. The molecule has 2 aliphatic rings. The van der Waals surface area contributed by atoms with Gasteiger partial charge in [-0.25, -0.2) is 0 Å². The van der Waals surface area contributed by atoms with Crippen LogP contribution < -0.4 is 4.90 Å². The third-order valence-corrected chi connectivity index (χ3v) is 10.8. The van der Waals surface area contributed by atoms with Crippen LogP contribution in [0.5, 0.6) is 0 Å². The van der Waals surface area contributed by atoms with Crippen LogP contribution in [0.1, 0.15) is 44.6 Å². The molecule has 2 nitrogen and oxygen atoms in total. The van der Waals surface area contributed by atoms with Gasteiger partial charge in [-0.1, -0.05) is 64.3 Å². The van der Waals surface area contributed by atoms with Crippen LogP contribution in [-0.2, 0) is 11.2 Å². The first-order valence-electron chi connectivity index (χ1n) is 10.9. The molecule has 1 amide bonds. The predicted molar refractivity (Wildman–Crippen MR) is 160 cm³/mol. The maximum Gasteiger partial charge on any atom is 0.237 e. The van der Waals surface area contributed by atoms with E-state index in [1.807, 2.05) is 29.2 Å². The molecule has 1 heterocycles. The summed E-state index contributed by atoms with van der Waals surface area (Å²) in [5.41, 5.74) is 2.48. The fraction of sp³-hybridized carbons (Fsp3) is 0.346. The number of halogens is 5. The van der Waals surface area contributed by atoms with Gasteiger partial charge in [0.25, 0.3) is 0 Å². The molecular weight excluding hydrogens is 747 g/mol. The molecule has 0 saturated carbocycles. The minimum absolute atomic E-state index is 0.117. The zero-order valence-electron chi connectivity index (χ0n) is 18.2. The number of carbonyl (C=O) groups excluding carboxylic acids is 1. The second-order valence-corrected chi connectivity index (χ2v) is 13.4. The highest BCUT2D eigenvalue weighted by atomic mass is 127. The van der Waals surface area contributed by atoms with Crippen LogP contribution in [0.15, 0.2) is 65.9 Å². The maximum atomic E-state index is 14.3. The number of nitrogens with zero attached hydrogens (tertiary/aromatic N) is 1. The van der Waals surface area contributed by atoms with E-state index >= 15 is 0 Å². The summed E-state index contributed by atoms with van der Waals surface area (Å²) in [6, 6.07) is 13.7. The normalized spacial score (nSPS) is 24.1. The lowest BCUT2D eigenvalue weighted by Crippen LogP contribution is -2.42. The second kappa shape index (κ2) is 10.9. The number of hydrogen-bond donors (Lipinski definition) is 0. The largest absolute Gasteiger partial charge is 0.284 e. The van der Waals surface area contributed by atoms with Crippen LogP contribution in [0.3, 0.4) is 0 Å². The Morgan fingerprint density at radius 3 is 2.42 bits per heavy atom. The SMILES string of the molecule is C[C@]1(Cc2ccc(Br)cc2)CCC2CC(I)=C(I)CCC=C2N(c2cc(Cl)cc(Cl)c2)C1=O. The van der Waals surface area contributed by atoms with E-state index in [1.165, 1.54) is 7.16 Å². The van der Waals surface area contributed by atoms with Crippen molar-refractivity contribution in [2.75, 3.05) is 4.90 Å². The van der Waals surface area contributed by atoms with E-state index < -0.39 is 5.41 Å². The third kappa shape index (κ3) is 6.01. The predicted octanol–water partition coefficient (Wildman–Crippen LogP) is 9.90. The van der Waals surface area contributed by atoms with Crippen molar-refractivity contribution in [3.63, 3.8) is 0 Å². The summed E-state index contributed by atoms with van der Waals surface area (Å²) in [7, 11) is 0. The third-order valence-electron chi connectivity index (χ3n) is 6.49. The minimum atomic E-state index is -0.535. The molecule has 0 N–H and O–H groups in total. The van der Waals surface area contributed by atoms with Crippen molar-refractivity contribution in [2.45, 2.75) is 45.4 Å². The van der Waals surface area contributed by atoms with Gasteiger partial charge in [-0.2, -0.15) is 0 Å². The lowest BCUT2D eigenvalue weighted by molar-refractivity contribution is -0.127. The molecule has 2 aromatic rings. The number of rotatable bonds is 3. The number of allylic oxidation sites excluding steroid dienone is 4. The van der Waals surface area contributed by atoms with E-state index in [1.54, 1.807) is 6.07 Å². The van der Waals surface area contributed by atoms with Gasteiger partial charge in [0.1, 0.15) is 0 Å². The summed E-state index contributed by atoms with van der Waals surface area (Å²) in [6.45, 7) is 2.11. The van der Waals surface area contributed by atoms with Crippen molar-refractivity contribution >= 4 is 95.9 Å². The number of carbonyl (C=O) groups is 1. The van der Waals surface area contributed by atoms with Gasteiger partial charge in [0, 0.05) is 33.3 Å². The van der Waals surface area contributed by atoms with Crippen molar-refractivity contribution in [1.29, 1.82) is 0 Å². The molecule has 1 fully saturated rings. The monoisotopic (exact) mass is 769 g/mol. The number of fused-ring (bicyclic) bond motifs is 1. The molecule has 0 bridgehead atoms. The highest BCUT2D eigenvalue weighted by Crippen LogP contribution is 2.46. The van der Waals surface area contributed by atoms with E-state index in [0.29, 0.717) is 16.5 Å². The molecule has 1 saturated heterocycles. The van der Waals surface area contributed by atoms with Crippen LogP contribution in [0.2, 0.25) is 10.0 Å². The lowest BCUT2D eigenvalue weighted by Gasteiger charge is -2.34.